The summed E-state index contributed by atoms with van der Waals surface area (Å²) in [5, 5.41) is 0. The Labute approximate surface area is 540 Å². The molecule has 0 heterocycles. The molecule has 0 aromatic rings. The minimum Gasteiger partial charge on any atom is -1.00 e. The van der Waals surface area contributed by atoms with Crippen LogP contribution in [0.4, 0.5) is 0 Å². The van der Waals surface area contributed by atoms with E-state index < -0.39 is 119 Å². The first kappa shape index (κ1) is 137. The first-order valence-electron chi connectivity index (χ1n) is 8.47. The molecule has 0 radical (unpaired) electrons. The summed E-state index contributed by atoms with van der Waals surface area (Å²) in [6, 6.07) is 0. The Bertz CT molecular complexity index is 700. The number of hydrogen-bond donors (Lipinski definition) is 26. The van der Waals surface area contributed by atoms with E-state index in [1.54, 1.807) is 0 Å². The molecule has 0 rings (SSSR count). The predicted molar refractivity (Wildman–Crippen MR) is 150 cm³/mol. The molecule has 0 unspecified atom stereocenters. The zero-order valence-electron chi connectivity index (χ0n) is 39.4. The smallest absolute Gasteiger partial charge is 1.00 e. The summed E-state index contributed by atoms with van der Waals surface area (Å²) >= 11 is 0. The molecule has 0 amide bonds. The van der Waals surface area contributed by atoms with Gasteiger partial charge in [0, 0.05) is 0 Å². The minimum absolute atomic E-state index is 0. The van der Waals surface area contributed by atoms with Crippen molar-refractivity contribution in [3.63, 3.8) is 0 Å². The Hall–Kier alpha value is 3.02. The zero-order valence-corrected chi connectivity index (χ0v) is 60.4. The van der Waals surface area contributed by atoms with Crippen molar-refractivity contribution in [2.75, 3.05) is 0 Å². The fourth-order valence-corrected chi connectivity index (χ4v) is 0. The molecule has 60 heteroatoms. The van der Waals surface area contributed by atoms with E-state index in [1.165, 1.54) is 0 Å². The van der Waals surface area contributed by atoms with Crippen LogP contribution in [-0.2, 0) is 58.0 Å². The third kappa shape index (κ3) is 24100. The van der Waals surface area contributed by atoms with Gasteiger partial charge in [-0.3, -0.25) is 58.0 Å². The van der Waals surface area contributed by atoms with E-state index in [9.17, 15) is 0 Å². The second kappa shape index (κ2) is 131. The quantitative estimate of drug-likeness (QED) is 0.100. The van der Waals surface area contributed by atoms with E-state index in [1.807, 2.05) is 0 Å². The Balaban J connectivity index is -0.00000000880. The molecule has 26 N–H and O–H groups in total. The van der Waals surface area contributed by atoms with Crippen molar-refractivity contribution in [1.82, 2.24) is 0 Å². The van der Waals surface area contributed by atoms with Crippen LogP contribution in [0.3, 0.4) is 0 Å². The molecular weight excluding hydrogens is 1170 g/mol. The van der Waals surface area contributed by atoms with Gasteiger partial charge in [0.05, 0.1) is 0 Å². The van der Waals surface area contributed by atoms with Crippen molar-refractivity contribution < 1.29 is 431 Å². The topological polar surface area (TPSA) is 748 Å². The third-order valence-corrected chi connectivity index (χ3v) is 0. The number of rotatable bonds is 0. The van der Waals surface area contributed by atoms with Gasteiger partial charge in [-0.25, -0.2) is 0 Å². The maximum atomic E-state index is 8.74. The van der Waals surface area contributed by atoms with Crippen LogP contribution in [0.25, 0.3) is 0 Å². The van der Waals surface area contributed by atoms with Crippen LogP contribution < -0.4 is 236 Å². The summed E-state index contributed by atoms with van der Waals surface area (Å²) in [6.07, 6.45) is 0. The monoisotopic (exact) mass is 1210 g/mol. The summed E-state index contributed by atoms with van der Waals surface area (Å²) in [5.41, 5.74) is 0. The van der Waals surface area contributed by atoms with Crippen LogP contribution in [0.2, 0.25) is 0 Å². The number of hydrogen-bond acceptors (Lipinski definition) is 13. The molecule has 0 saturated carbocycles. The van der Waals surface area contributed by atoms with Gasteiger partial charge in [0.25, 0.3) is 0 Å². The molecule has 0 spiro atoms. The van der Waals surface area contributed by atoms with Gasteiger partial charge in [-0.05, 0) is 0 Å². The van der Waals surface area contributed by atoms with Crippen molar-refractivity contribution in [3.05, 3.63) is 0 Å². The average molecular weight is 1210 g/mol. The van der Waals surface area contributed by atoms with Gasteiger partial charge in [-0.2, -0.15) is 0 Å². The van der Waals surface area contributed by atoms with Crippen molar-refractivity contribution in [3.8, 4) is 0 Å². The standard InChI is InChI=1S/8Na.13H2O3Si.8H/c;;;;;;;;13*1-4(2)3;;;;;;;;/h;;;;;;;;13*1-2H;;;;;;;;/q8*+1;;;;;;;;;;;;;;8*-1. The minimum atomic E-state index is -3.13. The second-order valence-electron chi connectivity index (χ2n) is 3.67. The first-order valence-corrected chi connectivity index (χ1v) is 25.4. The summed E-state index contributed by atoms with van der Waals surface area (Å²) in [6.45, 7) is 0. The Morgan fingerprint density at radius 2 is 0.133 bits per heavy atom. The van der Waals surface area contributed by atoms with Crippen molar-refractivity contribution in [2.24, 2.45) is 0 Å². The Kier molecular flexibility index (Phi) is 299. The van der Waals surface area contributed by atoms with Gasteiger partial charge in [0.2, 0.25) is 0 Å². The van der Waals surface area contributed by atoms with Crippen molar-refractivity contribution >= 4 is 119 Å². The maximum Gasteiger partial charge on any atom is 1.00 e. The first-order chi connectivity index (χ1) is 22.5. The van der Waals surface area contributed by atoms with Crippen LogP contribution in [0.1, 0.15) is 11.4 Å². The average Bonchev–Trinajstić information content (AvgIpc) is 2.67. The van der Waals surface area contributed by atoms with Crippen LogP contribution in [-0.4, -0.2) is 244 Å². The molecule has 0 saturated heterocycles. The van der Waals surface area contributed by atoms with Crippen LogP contribution in [0.15, 0.2) is 0 Å². The van der Waals surface area contributed by atoms with Gasteiger partial charge < -0.3 is 136 Å². The van der Waals surface area contributed by atoms with Crippen LogP contribution in [0.5, 0.6) is 0 Å². The molecule has 60 heavy (non-hydrogen) atoms. The Morgan fingerprint density at radius 1 is 0.133 bits per heavy atom. The SMILES string of the molecule is O=[Si](O)O.O=[Si](O)O.O=[Si](O)O.O=[Si](O)O.O=[Si](O)O.O=[Si](O)O.O=[Si](O)O.O=[Si](O)O.O=[Si](O)O.O=[Si](O)O.O=[Si](O)O.O=[Si](O)O.O=[Si](O)O.[H-].[H-].[H-].[H-].[H-].[H-].[H-].[H-].[Na+].[Na+].[Na+].[Na+].[Na+].[Na+].[Na+].[Na+]. The summed E-state index contributed by atoms with van der Waals surface area (Å²) in [4.78, 5) is 186. The summed E-state index contributed by atoms with van der Waals surface area (Å²) in [5.74, 6) is 0. The predicted octanol–water partition coefficient (Wildman–Crippen LogP) is -44.0. The van der Waals surface area contributed by atoms with Crippen LogP contribution >= 0.6 is 0 Å². The van der Waals surface area contributed by atoms with E-state index in [2.05, 4.69) is 0 Å². The van der Waals surface area contributed by atoms with E-state index in [-0.39, 0.29) is 248 Å². The molecule has 0 aromatic heterocycles. The molecule has 0 atom stereocenters. The summed E-state index contributed by atoms with van der Waals surface area (Å²) < 4.78 is 114. The van der Waals surface area contributed by atoms with Gasteiger partial charge in [0.15, 0.2) is 0 Å². The maximum absolute atomic E-state index is 8.74. The van der Waals surface area contributed by atoms with Gasteiger partial charge in [-0.15, -0.1) is 0 Å². The molecule has 0 aromatic carbocycles. The largest absolute Gasteiger partial charge is 1.00 e. The molecule has 39 nitrogen and oxygen atoms in total. The van der Waals surface area contributed by atoms with Crippen molar-refractivity contribution in [2.45, 2.75) is 0 Å². The summed E-state index contributed by atoms with van der Waals surface area (Å²) in [7, 11) is -40.7. The zero-order chi connectivity index (χ0) is 46.5. The van der Waals surface area contributed by atoms with E-state index in [0.29, 0.717) is 0 Å². The van der Waals surface area contributed by atoms with Crippen LogP contribution in [0, 0.1) is 0 Å². The molecule has 0 aliphatic rings. The molecule has 0 bridgehead atoms. The normalized spacial score (nSPS) is 5.20. The van der Waals surface area contributed by atoms with Gasteiger partial charge in [0.1, 0.15) is 0 Å². The molecule has 0 aliphatic carbocycles. The van der Waals surface area contributed by atoms with E-state index in [0.717, 1.165) is 0 Å². The molecule has 0 fully saturated rings. The van der Waals surface area contributed by atoms with E-state index in [4.69, 9.17) is 183 Å². The van der Waals surface area contributed by atoms with E-state index >= 15 is 0 Å². The molecular formula is H34Na8O39Si13. The fourth-order valence-electron chi connectivity index (χ4n) is 0. The third-order valence-electron chi connectivity index (χ3n) is 0. The Morgan fingerprint density at radius 3 is 0.133 bits per heavy atom. The van der Waals surface area contributed by atoms with Gasteiger partial charge in [-0.1, -0.05) is 0 Å². The molecule has 0 aliphatic heterocycles. The fraction of sp³-hybridized carbons (Fsp3) is 0. The van der Waals surface area contributed by atoms with Crippen molar-refractivity contribution in [1.29, 1.82) is 0 Å². The molecule has 328 valence electrons. The second-order valence-corrected chi connectivity index (χ2v) is 11.0. The van der Waals surface area contributed by atoms with Gasteiger partial charge >= 0.3 is 356 Å².